The van der Waals surface area contributed by atoms with Crippen LogP contribution in [0.2, 0.25) is 0 Å². The Balaban J connectivity index is 2.45. The van der Waals surface area contributed by atoms with Crippen LogP contribution >= 0.6 is 15.9 Å². The molecule has 0 radical (unpaired) electrons. The Morgan fingerprint density at radius 3 is 2.52 bits per heavy atom. The lowest BCUT2D eigenvalue weighted by Crippen LogP contribution is -2.39. The van der Waals surface area contributed by atoms with Crippen LogP contribution in [0.5, 0.6) is 0 Å². The Morgan fingerprint density at radius 2 is 1.96 bits per heavy atom. The van der Waals surface area contributed by atoms with Crippen LogP contribution in [0.3, 0.4) is 0 Å². The van der Waals surface area contributed by atoms with E-state index < -0.39 is 36.0 Å². The van der Waals surface area contributed by atoms with Crippen molar-refractivity contribution in [3.63, 3.8) is 0 Å². The molecule has 0 N–H and O–H groups in total. The summed E-state index contributed by atoms with van der Waals surface area (Å²) in [6.45, 7) is 4.87. The minimum atomic E-state index is -3.14. The average molecular weight is 420 g/mol. The van der Waals surface area contributed by atoms with E-state index in [1.807, 2.05) is 0 Å². The molecule has 1 heterocycles. The molecule has 1 aromatic rings. The van der Waals surface area contributed by atoms with Gasteiger partial charge >= 0.3 is 12.1 Å². The first-order valence-corrected chi connectivity index (χ1v) is 8.51. The maximum atomic E-state index is 14.5. The van der Waals surface area contributed by atoms with Gasteiger partial charge in [0.05, 0.1) is 12.7 Å². The lowest BCUT2D eigenvalue weighted by Gasteiger charge is -2.31. The van der Waals surface area contributed by atoms with E-state index in [1.54, 1.807) is 20.8 Å². The Labute approximate surface area is 153 Å². The minimum absolute atomic E-state index is 0.132. The monoisotopic (exact) mass is 419 g/mol. The van der Waals surface area contributed by atoms with Crippen LogP contribution < -0.4 is 0 Å². The molecule has 8 heteroatoms. The highest BCUT2D eigenvalue weighted by Gasteiger charge is 2.53. The second-order valence-corrected chi connectivity index (χ2v) is 7.67. The zero-order valence-electron chi connectivity index (χ0n) is 14.4. The third-order valence-electron chi connectivity index (χ3n) is 3.74. The van der Waals surface area contributed by atoms with Crippen LogP contribution in [0.1, 0.15) is 49.2 Å². The summed E-state index contributed by atoms with van der Waals surface area (Å²) in [6, 6.07) is 2.74. The largest absolute Gasteiger partial charge is 0.465 e. The van der Waals surface area contributed by atoms with E-state index in [4.69, 9.17) is 4.74 Å². The predicted octanol–water partition coefficient (Wildman–Crippen LogP) is 4.55. The second-order valence-electron chi connectivity index (χ2n) is 6.82. The quantitative estimate of drug-likeness (QED) is 0.659. The van der Waals surface area contributed by atoms with Crippen LogP contribution in [0.4, 0.5) is 13.6 Å². The fraction of sp³-hybridized carbons (Fsp3) is 0.529. The molecule has 138 valence electrons. The van der Waals surface area contributed by atoms with Crippen molar-refractivity contribution >= 4 is 28.0 Å². The predicted molar refractivity (Wildman–Crippen MR) is 90.7 cm³/mol. The molecule has 2 rings (SSSR count). The van der Waals surface area contributed by atoms with Gasteiger partial charge in [0.1, 0.15) is 11.6 Å². The number of ether oxygens (including phenoxy) is 2. The third-order valence-corrected chi connectivity index (χ3v) is 4.46. The topological polar surface area (TPSA) is 55.8 Å². The number of hydrogen-bond donors (Lipinski definition) is 0. The number of halogens is 3. The van der Waals surface area contributed by atoms with E-state index in [-0.39, 0.29) is 17.7 Å². The van der Waals surface area contributed by atoms with E-state index in [9.17, 15) is 18.4 Å². The molecule has 1 fully saturated rings. The van der Waals surface area contributed by atoms with Crippen LogP contribution in [-0.2, 0) is 9.47 Å². The molecule has 5 nitrogen and oxygen atoms in total. The zero-order chi connectivity index (χ0) is 19.0. The fourth-order valence-corrected chi connectivity index (χ4v) is 3.14. The number of alkyl halides is 2. The molecule has 1 aliphatic heterocycles. The van der Waals surface area contributed by atoms with Crippen LogP contribution in [0.15, 0.2) is 22.7 Å². The van der Waals surface area contributed by atoms with Gasteiger partial charge in [-0.3, -0.25) is 4.90 Å². The molecule has 1 aliphatic rings. The molecule has 1 atom stereocenters. The second kappa shape index (κ2) is 6.90. The molecular weight excluding hydrogens is 400 g/mol. The summed E-state index contributed by atoms with van der Waals surface area (Å²) < 4.78 is 39.4. The molecule has 0 spiro atoms. The molecule has 0 aliphatic carbocycles. The number of likely N-dealkylation sites (tertiary alicyclic amines) is 1. The van der Waals surface area contributed by atoms with Gasteiger partial charge in [-0.1, -0.05) is 15.9 Å². The van der Waals surface area contributed by atoms with Crippen LogP contribution in [0, 0.1) is 0 Å². The Bertz CT molecular complexity index is 688. The summed E-state index contributed by atoms with van der Waals surface area (Å²) >= 11 is 3.24. The van der Waals surface area contributed by atoms with Crippen molar-refractivity contribution in [3.8, 4) is 0 Å². The van der Waals surface area contributed by atoms with Crippen molar-refractivity contribution < 1.29 is 27.8 Å². The summed E-state index contributed by atoms with van der Waals surface area (Å²) in [5.41, 5.74) is -0.534. The average Bonchev–Trinajstić information content (AvgIpc) is 2.81. The number of hydrogen-bond acceptors (Lipinski definition) is 4. The van der Waals surface area contributed by atoms with E-state index in [0.29, 0.717) is 4.47 Å². The van der Waals surface area contributed by atoms with Gasteiger partial charge in [-0.15, -0.1) is 0 Å². The number of esters is 1. The summed E-state index contributed by atoms with van der Waals surface area (Å²) in [5, 5.41) is 0. The van der Waals surface area contributed by atoms with Gasteiger partial charge in [-0.05, 0) is 44.5 Å². The third kappa shape index (κ3) is 4.29. The smallest absolute Gasteiger partial charge is 0.411 e. The van der Waals surface area contributed by atoms with E-state index >= 15 is 0 Å². The highest BCUT2D eigenvalue weighted by molar-refractivity contribution is 9.10. The van der Waals surface area contributed by atoms with Gasteiger partial charge in [0, 0.05) is 17.4 Å². The van der Waals surface area contributed by atoms with E-state index in [1.165, 1.54) is 25.3 Å². The molecule has 1 saturated heterocycles. The first-order chi connectivity index (χ1) is 11.5. The molecule has 1 aromatic carbocycles. The van der Waals surface area contributed by atoms with Gasteiger partial charge in [0.25, 0.3) is 5.92 Å². The number of amides is 1. The minimum Gasteiger partial charge on any atom is -0.465 e. The van der Waals surface area contributed by atoms with Crippen molar-refractivity contribution in [1.82, 2.24) is 4.90 Å². The summed E-state index contributed by atoms with van der Waals surface area (Å²) in [6.07, 6.45) is -1.30. The maximum Gasteiger partial charge on any atom is 0.411 e. The number of carbonyl (C=O) groups excluding carboxylic acids is 2. The number of methoxy groups -OCH3 is 1. The van der Waals surface area contributed by atoms with Gasteiger partial charge in [-0.25, -0.2) is 18.4 Å². The van der Waals surface area contributed by atoms with Crippen molar-refractivity contribution in [2.24, 2.45) is 0 Å². The molecule has 0 bridgehead atoms. The van der Waals surface area contributed by atoms with Gasteiger partial charge < -0.3 is 9.47 Å². The SMILES string of the molecule is COC(=O)c1ccc(Br)c([C@@H]2N(C(=O)OC(C)(C)C)CCC2(F)F)c1. The summed E-state index contributed by atoms with van der Waals surface area (Å²) in [5.74, 6) is -3.78. The standard InChI is InChI=1S/C17H20BrF2NO4/c1-16(2,3)25-15(23)21-8-7-17(19,20)13(21)11-9-10(14(22)24-4)5-6-12(11)18/h5-6,9,13H,7-8H2,1-4H3/t13-/m0/s1. The van der Waals surface area contributed by atoms with Gasteiger partial charge in [0.15, 0.2) is 0 Å². The number of nitrogens with zero attached hydrogens (tertiary/aromatic N) is 1. The molecule has 0 aromatic heterocycles. The van der Waals surface area contributed by atoms with Crippen molar-refractivity contribution in [1.29, 1.82) is 0 Å². The normalized spacial score (nSPS) is 19.6. The molecule has 0 saturated carbocycles. The number of carbonyl (C=O) groups is 2. The van der Waals surface area contributed by atoms with Gasteiger partial charge in [-0.2, -0.15) is 0 Å². The van der Waals surface area contributed by atoms with Crippen molar-refractivity contribution in [2.45, 2.75) is 44.8 Å². The highest BCUT2D eigenvalue weighted by atomic mass is 79.9. The molecule has 0 unspecified atom stereocenters. The first-order valence-electron chi connectivity index (χ1n) is 7.71. The molecular formula is C17H20BrF2NO4. The zero-order valence-corrected chi connectivity index (χ0v) is 16.0. The lowest BCUT2D eigenvalue weighted by atomic mass is 9.99. The molecule has 25 heavy (non-hydrogen) atoms. The van der Waals surface area contributed by atoms with E-state index in [0.717, 1.165) is 4.90 Å². The summed E-state index contributed by atoms with van der Waals surface area (Å²) in [4.78, 5) is 25.1. The fourth-order valence-electron chi connectivity index (χ4n) is 2.67. The Morgan fingerprint density at radius 1 is 1.32 bits per heavy atom. The number of rotatable bonds is 2. The van der Waals surface area contributed by atoms with Gasteiger partial charge in [0.2, 0.25) is 0 Å². The van der Waals surface area contributed by atoms with Crippen LogP contribution in [-0.4, -0.2) is 42.1 Å². The number of benzene rings is 1. The van der Waals surface area contributed by atoms with E-state index in [2.05, 4.69) is 20.7 Å². The molecule has 1 amide bonds. The maximum absolute atomic E-state index is 14.5. The lowest BCUT2D eigenvalue weighted by molar-refractivity contribution is -0.0420. The highest BCUT2D eigenvalue weighted by Crippen LogP contribution is 2.47. The Hall–Kier alpha value is -1.70. The Kier molecular flexibility index (Phi) is 5.41. The summed E-state index contributed by atoms with van der Waals surface area (Å²) in [7, 11) is 1.21. The van der Waals surface area contributed by atoms with Crippen LogP contribution in [0.25, 0.3) is 0 Å². The van der Waals surface area contributed by atoms with Crippen molar-refractivity contribution in [2.75, 3.05) is 13.7 Å². The first kappa shape index (κ1) is 19.6. The van der Waals surface area contributed by atoms with Crippen molar-refractivity contribution in [3.05, 3.63) is 33.8 Å².